The summed E-state index contributed by atoms with van der Waals surface area (Å²) in [5.41, 5.74) is 1.51. The number of aldehydes is 1. The molecule has 2 heteroatoms. The average Bonchev–Trinajstić information content (AvgIpc) is 2.29. The lowest BCUT2D eigenvalue weighted by molar-refractivity contribution is -0.105. The first kappa shape index (κ1) is 11.7. The van der Waals surface area contributed by atoms with Crippen molar-refractivity contribution in [1.29, 1.82) is 0 Å². The van der Waals surface area contributed by atoms with Gasteiger partial charge in [0.25, 0.3) is 0 Å². The predicted octanol–water partition coefficient (Wildman–Crippen LogP) is 2.30. The molecular formula is C13H16O2. The smallest absolute Gasteiger partial charge is 0.145 e. The molecule has 0 saturated carbocycles. The minimum absolute atomic E-state index is 0.0166. The number of rotatable bonds is 5. The Labute approximate surface area is 90.3 Å². The van der Waals surface area contributed by atoms with Crippen LogP contribution in [-0.2, 0) is 4.79 Å². The highest BCUT2D eigenvalue weighted by atomic mass is 16.3. The molecule has 80 valence electrons. The van der Waals surface area contributed by atoms with Crippen molar-refractivity contribution >= 4 is 6.29 Å². The Morgan fingerprint density at radius 3 is 2.60 bits per heavy atom. The molecule has 15 heavy (non-hydrogen) atoms. The SMILES string of the molecule is C=C(C=O)CC(O)C(C)c1ccccc1. The molecule has 0 fully saturated rings. The van der Waals surface area contributed by atoms with Crippen LogP contribution in [0, 0.1) is 0 Å². The molecule has 0 aliphatic rings. The number of aliphatic hydroxyl groups is 1. The van der Waals surface area contributed by atoms with Crippen LogP contribution in [0.2, 0.25) is 0 Å². The normalized spacial score (nSPS) is 14.3. The van der Waals surface area contributed by atoms with Crippen LogP contribution in [0.25, 0.3) is 0 Å². The molecule has 2 atom stereocenters. The van der Waals surface area contributed by atoms with Crippen molar-refractivity contribution in [1.82, 2.24) is 0 Å². The second-order valence-electron chi connectivity index (χ2n) is 3.75. The van der Waals surface area contributed by atoms with Crippen LogP contribution in [0.1, 0.15) is 24.8 Å². The third kappa shape index (κ3) is 3.33. The first-order chi connectivity index (χ1) is 7.15. The number of aliphatic hydroxyl groups excluding tert-OH is 1. The highest BCUT2D eigenvalue weighted by molar-refractivity contribution is 5.72. The zero-order chi connectivity index (χ0) is 11.3. The van der Waals surface area contributed by atoms with Gasteiger partial charge in [-0.25, -0.2) is 0 Å². The van der Waals surface area contributed by atoms with E-state index in [2.05, 4.69) is 6.58 Å². The summed E-state index contributed by atoms with van der Waals surface area (Å²) in [4.78, 5) is 10.4. The van der Waals surface area contributed by atoms with Crippen molar-refractivity contribution in [3.63, 3.8) is 0 Å². The van der Waals surface area contributed by atoms with E-state index >= 15 is 0 Å². The van der Waals surface area contributed by atoms with E-state index in [9.17, 15) is 9.90 Å². The standard InChI is InChI=1S/C13H16O2/c1-10(9-14)8-13(15)11(2)12-6-4-3-5-7-12/h3-7,9,11,13,15H,1,8H2,2H3. The van der Waals surface area contributed by atoms with Crippen LogP contribution >= 0.6 is 0 Å². The molecule has 1 aromatic carbocycles. The van der Waals surface area contributed by atoms with Crippen LogP contribution in [0.15, 0.2) is 42.5 Å². The molecular weight excluding hydrogens is 188 g/mol. The van der Waals surface area contributed by atoms with Gasteiger partial charge < -0.3 is 5.11 Å². The Bertz CT molecular complexity index is 330. The number of benzene rings is 1. The van der Waals surface area contributed by atoms with Gasteiger partial charge in [-0.05, 0) is 11.1 Å². The first-order valence-electron chi connectivity index (χ1n) is 5.01. The van der Waals surface area contributed by atoms with Gasteiger partial charge in [-0.3, -0.25) is 4.79 Å². The van der Waals surface area contributed by atoms with E-state index in [0.717, 1.165) is 5.56 Å². The summed E-state index contributed by atoms with van der Waals surface area (Å²) < 4.78 is 0. The van der Waals surface area contributed by atoms with Crippen LogP contribution in [0.5, 0.6) is 0 Å². The number of hydrogen-bond donors (Lipinski definition) is 1. The van der Waals surface area contributed by atoms with Gasteiger partial charge in [0.15, 0.2) is 0 Å². The Morgan fingerprint density at radius 2 is 2.07 bits per heavy atom. The lowest BCUT2D eigenvalue weighted by atomic mass is 9.92. The topological polar surface area (TPSA) is 37.3 Å². The molecule has 2 nitrogen and oxygen atoms in total. The van der Waals surface area contributed by atoms with Crippen molar-refractivity contribution < 1.29 is 9.90 Å². The van der Waals surface area contributed by atoms with Crippen molar-refractivity contribution in [3.8, 4) is 0 Å². The third-order valence-electron chi connectivity index (χ3n) is 2.54. The summed E-state index contributed by atoms with van der Waals surface area (Å²) in [6, 6.07) is 9.75. The van der Waals surface area contributed by atoms with Crippen molar-refractivity contribution in [2.75, 3.05) is 0 Å². The quantitative estimate of drug-likeness (QED) is 0.590. The van der Waals surface area contributed by atoms with E-state index in [4.69, 9.17) is 0 Å². The molecule has 0 aliphatic heterocycles. The summed E-state index contributed by atoms with van der Waals surface area (Å²) in [6.07, 6.45) is 0.477. The monoisotopic (exact) mass is 204 g/mol. The second kappa shape index (κ2) is 5.47. The first-order valence-corrected chi connectivity index (χ1v) is 5.01. The molecule has 0 aliphatic carbocycles. The molecule has 0 aromatic heterocycles. The van der Waals surface area contributed by atoms with Crippen molar-refractivity contribution in [3.05, 3.63) is 48.0 Å². The highest BCUT2D eigenvalue weighted by Crippen LogP contribution is 2.22. The van der Waals surface area contributed by atoms with E-state index < -0.39 is 6.10 Å². The van der Waals surface area contributed by atoms with E-state index in [1.165, 1.54) is 0 Å². The van der Waals surface area contributed by atoms with Gasteiger partial charge in [-0.2, -0.15) is 0 Å². The fraction of sp³-hybridized carbons (Fsp3) is 0.308. The molecule has 1 rings (SSSR count). The maximum atomic E-state index is 10.4. The van der Waals surface area contributed by atoms with Gasteiger partial charge in [0.2, 0.25) is 0 Å². The lowest BCUT2D eigenvalue weighted by Gasteiger charge is -2.18. The Balaban J connectivity index is 2.64. The zero-order valence-electron chi connectivity index (χ0n) is 8.89. The minimum atomic E-state index is -0.551. The fourth-order valence-corrected chi connectivity index (χ4v) is 1.47. The maximum absolute atomic E-state index is 10.4. The van der Waals surface area contributed by atoms with Crippen molar-refractivity contribution in [2.24, 2.45) is 0 Å². The Hall–Kier alpha value is -1.41. The molecule has 2 unspecified atom stereocenters. The highest BCUT2D eigenvalue weighted by Gasteiger charge is 2.16. The predicted molar refractivity (Wildman–Crippen MR) is 60.7 cm³/mol. The summed E-state index contributed by atoms with van der Waals surface area (Å²) in [5, 5.41) is 9.85. The van der Waals surface area contributed by atoms with Crippen LogP contribution < -0.4 is 0 Å². The molecule has 0 radical (unpaired) electrons. The number of hydrogen-bond acceptors (Lipinski definition) is 2. The van der Waals surface area contributed by atoms with Crippen molar-refractivity contribution in [2.45, 2.75) is 25.4 Å². The number of carbonyl (C=O) groups is 1. The van der Waals surface area contributed by atoms with Gasteiger partial charge >= 0.3 is 0 Å². The van der Waals surface area contributed by atoms with Gasteiger partial charge in [0.05, 0.1) is 6.10 Å². The fourth-order valence-electron chi connectivity index (χ4n) is 1.47. The van der Waals surface area contributed by atoms with E-state index in [-0.39, 0.29) is 5.92 Å². The molecule has 0 bridgehead atoms. The van der Waals surface area contributed by atoms with Gasteiger partial charge in [0, 0.05) is 12.3 Å². The summed E-state index contributed by atoms with van der Waals surface area (Å²) in [5.74, 6) is 0.0166. The van der Waals surface area contributed by atoms with Crippen LogP contribution in [0.4, 0.5) is 0 Å². The molecule has 0 amide bonds. The molecule has 0 saturated heterocycles. The lowest BCUT2D eigenvalue weighted by Crippen LogP contribution is -2.16. The summed E-state index contributed by atoms with van der Waals surface area (Å²) in [6.45, 7) is 5.50. The van der Waals surface area contributed by atoms with E-state index in [0.29, 0.717) is 18.3 Å². The summed E-state index contributed by atoms with van der Waals surface area (Å²) >= 11 is 0. The molecule has 1 N–H and O–H groups in total. The largest absolute Gasteiger partial charge is 0.392 e. The Kier molecular flexibility index (Phi) is 4.25. The molecule has 0 spiro atoms. The van der Waals surface area contributed by atoms with Gasteiger partial charge in [0.1, 0.15) is 6.29 Å². The molecule has 1 aromatic rings. The number of carbonyl (C=O) groups excluding carboxylic acids is 1. The van der Waals surface area contributed by atoms with Crippen LogP contribution in [0.3, 0.4) is 0 Å². The summed E-state index contributed by atoms with van der Waals surface area (Å²) in [7, 11) is 0. The van der Waals surface area contributed by atoms with E-state index in [1.807, 2.05) is 37.3 Å². The van der Waals surface area contributed by atoms with Gasteiger partial charge in [-0.1, -0.05) is 43.8 Å². The third-order valence-corrected chi connectivity index (χ3v) is 2.54. The maximum Gasteiger partial charge on any atom is 0.145 e. The van der Waals surface area contributed by atoms with Crippen LogP contribution in [-0.4, -0.2) is 17.5 Å². The molecule has 0 heterocycles. The minimum Gasteiger partial charge on any atom is -0.392 e. The van der Waals surface area contributed by atoms with E-state index in [1.54, 1.807) is 0 Å². The second-order valence-corrected chi connectivity index (χ2v) is 3.75. The average molecular weight is 204 g/mol. The Morgan fingerprint density at radius 1 is 1.47 bits per heavy atom. The zero-order valence-corrected chi connectivity index (χ0v) is 8.89. The van der Waals surface area contributed by atoms with Gasteiger partial charge in [-0.15, -0.1) is 0 Å².